The Hall–Kier alpha value is -3.28. The van der Waals surface area contributed by atoms with E-state index in [1.165, 1.54) is 6.07 Å². The molecule has 106 valence electrons. The topological polar surface area (TPSA) is 117 Å². The molecule has 0 amide bonds. The van der Waals surface area contributed by atoms with E-state index in [-0.39, 0.29) is 28.7 Å². The minimum absolute atomic E-state index is 0.00826. The smallest absolute Gasteiger partial charge is 0.329 e. The molecule has 8 nitrogen and oxygen atoms in total. The van der Waals surface area contributed by atoms with Crippen LogP contribution in [0.15, 0.2) is 24.4 Å². The van der Waals surface area contributed by atoms with Crippen LogP contribution in [0.2, 0.25) is 0 Å². The molecular formula is C12H9FN6O2. The third-order valence-electron chi connectivity index (χ3n) is 2.54. The van der Waals surface area contributed by atoms with E-state index in [1.807, 2.05) is 0 Å². The number of anilines is 3. The second-order valence-corrected chi connectivity index (χ2v) is 3.86. The van der Waals surface area contributed by atoms with Gasteiger partial charge in [-0.3, -0.25) is 10.1 Å². The first-order valence-electron chi connectivity index (χ1n) is 5.71. The fraction of sp³-hybridized carbons (Fsp3) is 0.0833. The first-order valence-corrected chi connectivity index (χ1v) is 5.71. The summed E-state index contributed by atoms with van der Waals surface area (Å²) >= 11 is 0. The predicted molar refractivity (Wildman–Crippen MR) is 72.6 cm³/mol. The van der Waals surface area contributed by atoms with Crippen LogP contribution >= 0.6 is 0 Å². The summed E-state index contributed by atoms with van der Waals surface area (Å²) in [4.78, 5) is 18.0. The molecule has 0 aliphatic rings. The minimum Gasteiger partial charge on any atom is -0.357 e. The Morgan fingerprint density at radius 1 is 1.48 bits per heavy atom. The molecule has 1 heterocycles. The van der Waals surface area contributed by atoms with Crippen molar-refractivity contribution in [3.63, 3.8) is 0 Å². The van der Waals surface area contributed by atoms with Gasteiger partial charge in [0.1, 0.15) is 18.1 Å². The molecule has 9 heteroatoms. The molecule has 0 bridgehead atoms. The van der Waals surface area contributed by atoms with Gasteiger partial charge in [0.05, 0.1) is 16.2 Å². The van der Waals surface area contributed by atoms with Crippen LogP contribution in [-0.2, 0) is 0 Å². The molecule has 0 unspecified atom stereocenters. The van der Waals surface area contributed by atoms with Gasteiger partial charge in [0.25, 0.3) is 0 Å². The van der Waals surface area contributed by atoms with Gasteiger partial charge >= 0.3 is 5.69 Å². The molecule has 0 atom stereocenters. The maximum absolute atomic E-state index is 13.1. The molecule has 0 fully saturated rings. The fourth-order valence-electron chi connectivity index (χ4n) is 1.57. The molecule has 1 aromatic heterocycles. The average molecular weight is 288 g/mol. The van der Waals surface area contributed by atoms with Gasteiger partial charge in [0.2, 0.25) is 11.8 Å². The van der Waals surface area contributed by atoms with E-state index in [0.717, 1.165) is 18.3 Å². The van der Waals surface area contributed by atoms with E-state index in [0.29, 0.717) is 0 Å². The second kappa shape index (κ2) is 5.79. The zero-order chi connectivity index (χ0) is 15.4. The van der Waals surface area contributed by atoms with E-state index < -0.39 is 10.7 Å². The number of rotatable bonds is 4. The van der Waals surface area contributed by atoms with Gasteiger partial charge in [-0.25, -0.2) is 9.37 Å². The summed E-state index contributed by atoms with van der Waals surface area (Å²) in [6, 6.07) is 5.26. The highest BCUT2D eigenvalue weighted by molar-refractivity contribution is 5.70. The van der Waals surface area contributed by atoms with Crippen LogP contribution in [-0.4, -0.2) is 21.9 Å². The van der Waals surface area contributed by atoms with Crippen molar-refractivity contribution in [1.29, 1.82) is 5.26 Å². The van der Waals surface area contributed by atoms with E-state index in [1.54, 1.807) is 13.1 Å². The lowest BCUT2D eigenvalue weighted by Crippen LogP contribution is -2.05. The average Bonchev–Trinajstić information content (AvgIpc) is 2.48. The van der Waals surface area contributed by atoms with Crippen LogP contribution in [0.5, 0.6) is 0 Å². The van der Waals surface area contributed by atoms with Gasteiger partial charge in [-0.05, 0) is 18.2 Å². The van der Waals surface area contributed by atoms with Crippen molar-refractivity contribution in [3.05, 3.63) is 45.9 Å². The Balaban J connectivity index is 2.48. The van der Waals surface area contributed by atoms with Gasteiger partial charge in [0.15, 0.2) is 0 Å². The maximum atomic E-state index is 13.1. The maximum Gasteiger partial charge on any atom is 0.329 e. The number of halogens is 1. The Labute approximate surface area is 118 Å². The zero-order valence-electron chi connectivity index (χ0n) is 10.8. The molecule has 0 spiro atoms. The Kier molecular flexibility index (Phi) is 3.90. The van der Waals surface area contributed by atoms with Gasteiger partial charge in [0, 0.05) is 7.05 Å². The summed E-state index contributed by atoms with van der Waals surface area (Å²) in [6.07, 6.45) is 1.04. The fourth-order valence-corrected chi connectivity index (χ4v) is 1.57. The Bertz CT molecular complexity index is 743. The normalized spacial score (nSPS) is 9.76. The van der Waals surface area contributed by atoms with Crippen LogP contribution in [0.3, 0.4) is 0 Å². The summed E-state index contributed by atoms with van der Waals surface area (Å²) in [5.41, 5.74) is -0.140. The van der Waals surface area contributed by atoms with Gasteiger partial charge in [-0.15, -0.1) is 0 Å². The number of nitrogens with zero attached hydrogens (tertiary/aromatic N) is 4. The van der Waals surface area contributed by atoms with Crippen molar-refractivity contribution in [2.45, 2.75) is 0 Å². The highest BCUT2D eigenvalue weighted by Gasteiger charge is 2.18. The Morgan fingerprint density at radius 3 is 2.86 bits per heavy atom. The molecule has 2 aromatic rings. The zero-order valence-corrected chi connectivity index (χ0v) is 10.8. The Morgan fingerprint density at radius 2 is 2.24 bits per heavy atom. The molecule has 0 radical (unpaired) electrons. The molecule has 1 aromatic carbocycles. The number of benzene rings is 1. The lowest BCUT2D eigenvalue weighted by Gasteiger charge is -2.08. The van der Waals surface area contributed by atoms with Crippen molar-refractivity contribution in [1.82, 2.24) is 9.97 Å². The van der Waals surface area contributed by atoms with E-state index in [2.05, 4.69) is 20.6 Å². The summed E-state index contributed by atoms with van der Waals surface area (Å²) in [6.45, 7) is 0. The highest BCUT2D eigenvalue weighted by Crippen LogP contribution is 2.27. The van der Waals surface area contributed by atoms with Gasteiger partial charge < -0.3 is 10.6 Å². The third kappa shape index (κ3) is 3.01. The number of aromatic nitrogens is 2. The van der Waals surface area contributed by atoms with Gasteiger partial charge in [-0.1, -0.05) is 0 Å². The van der Waals surface area contributed by atoms with Crippen LogP contribution in [0.1, 0.15) is 5.56 Å². The third-order valence-corrected chi connectivity index (χ3v) is 2.54. The predicted octanol–water partition coefficient (Wildman–Crippen LogP) is 2.18. The van der Waals surface area contributed by atoms with Crippen LogP contribution in [0.25, 0.3) is 0 Å². The van der Waals surface area contributed by atoms with Crippen molar-refractivity contribution >= 4 is 23.1 Å². The summed E-state index contributed by atoms with van der Waals surface area (Å²) in [5.74, 6) is -0.503. The molecule has 2 N–H and O–H groups in total. The van der Waals surface area contributed by atoms with Crippen molar-refractivity contribution in [3.8, 4) is 6.07 Å². The molecule has 0 saturated heterocycles. The van der Waals surface area contributed by atoms with Crippen LogP contribution in [0, 0.1) is 27.3 Å². The quantitative estimate of drug-likeness (QED) is 0.654. The first-order chi connectivity index (χ1) is 10.0. The molecule has 21 heavy (non-hydrogen) atoms. The number of hydrogen-bond donors (Lipinski definition) is 2. The van der Waals surface area contributed by atoms with E-state index in [9.17, 15) is 14.5 Å². The number of nitro groups is 1. The lowest BCUT2D eigenvalue weighted by molar-refractivity contribution is -0.384. The van der Waals surface area contributed by atoms with Crippen molar-refractivity contribution < 1.29 is 9.31 Å². The monoisotopic (exact) mass is 288 g/mol. The van der Waals surface area contributed by atoms with Crippen molar-refractivity contribution in [2.75, 3.05) is 17.7 Å². The van der Waals surface area contributed by atoms with E-state index in [4.69, 9.17) is 5.26 Å². The van der Waals surface area contributed by atoms with Crippen molar-refractivity contribution in [2.24, 2.45) is 0 Å². The first kappa shape index (κ1) is 14.1. The molecule has 0 aliphatic heterocycles. The summed E-state index contributed by atoms with van der Waals surface area (Å²) < 4.78 is 13.1. The van der Waals surface area contributed by atoms with E-state index >= 15 is 0 Å². The lowest BCUT2D eigenvalue weighted by atomic mass is 10.2. The minimum atomic E-state index is -0.655. The second-order valence-electron chi connectivity index (χ2n) is 3.86. The molecule has 0 aliphatic carbocycles. The summed E-state index contributed by atoms with van der Waals surface area (Å²) in [5, 5.41) is 25.2. The van der Waals surface area contributed by atoms with Crippen LogP contribution < -0.4 is 10.6 Å². The molecular weight excluding hydrogens is 279 g/mol. The SMILES string of the molecule is CNc1ncc([N+](=O)[O-])c(Nc2ccc(F)cc2C#N)n1. The number of nitriles is 1. The standard InChI is InChI=1S/C12H9FN6O2/c1-15-12-16-6-10(19(20)21)11(18-12)17-9-3-2-8(13)4-7(9)5-14/h2-4,6H,1H3,(H2,15,16,17,18). The van der Waals surface area contributed by atoms with Crippen LogP contribution in [0.4, 0.5) is 27.5 Å². The largest absolute Gasteiger partial charge is 0.357 e. The summed E-state index contributed by atoms with van der Waals surface area (Å²) in [7, 11) is 1.56. The van der Waals surface area contributed by atoms with Gasteiger partial charge in [-0.2, -0.15) is 10.2 Å². The highest BCUT2D eigenvalue weighted by atomic mass is 19.1. The molecule has 2 rings (SSSR count). The number of hydrogen-bond acceptors (Lipinski definition) is 7. The molecule has 0 saturated carbocycles. The number of nitrogens with one attached hydrogen (secondary N) is 2.